The van der Waals surface area contributed by atoms with Gasteiger partial charge in [0.15, 0.2) is 0 Å². The van der Waals surface area contributed by atoms with Crippen LogP contribution in [0.15, 0.2) is 11.4 Å². The predicted octanol–water partition coefficient (Wildman–Crippen LogP) is 5.74. The van der Waals surface area contributed by atoms with Crippen molar-refractivity contribution in [3.63, 3.8) is 0 Å². The van der Waals surface area contributed by atoms with Crippen LogP contribution in [0.4, 0.5) is 0 Å². The second kappa shape index (κ2) is 7.02. The van der Waals surface area contributed by atoms with Crippen molar-refractivity contribution < 1.29 is 0 Å². The maximum Gasteiger partial charge on any atom is 0.0305 e. The van der Waals surface area contributed by atoms with Crippen molar-refractivity contribution in [1.29, 1.82) is 0 Å². The Morgan fingerprint density at radius 2 is 1.76 bits per heavy atom. The molecule has 1 aromatic heterocycles. The van der Waals surface area contributed by atoms with Crippen molar-refractivity contribution in [2.75, 3.05) is 0 Å². The minimum absolute atomic E-state index is 0. The van der Waals surface area contributed by atoms with Gasteiger partial charge in [0.1, 0.15) is 0 Å². The number of rotatable bonds is 4. The minimum Gasteiger partial charge on any atom is -0.309 e. The molecule has 120 valence electrons. The lowest BCUT2D eigenvalue weighted by Gasteiger charge is -2.37. The molecule has 0 amide bonds. The second-order valence-electron chi connectivity index (χ2n) is 7.87. The van der Waals surface area contributed by atoms with E-state index in [2.05, 4.69) is 37.5 Å². The summed E-state index contributed by atoms with van der Waals surface area (Å²) in [6.45, 7) is 8.31. The first-order chi connectivity index (χ1) is 9.54. The first kappa shape index (κ1) is 17.3. The van der Waals surface area contributed by atoms with E-state index in [-0.39, 0.29) is 12.4 Å². The van der Waals surface area contributed by atoms with Gasteiger partial charge < -0.3 is 5.32 Å². The maximum atomic E-state index is 3.83. The zero-order valence-electron chi connectivity index (χ0n) is 13.7. The van der Waals surface area contributed by atoms with Gasteiger partial charge in [-0.2, -0.15) is 0 Å². The van der Waals surface area contributed by atoms with E-state index >= 15 is 0 Å². The van der Waals surface area contributed by atoms with E-state index in [1.807, 2.05) is 11.3 Å². The Bertz CT molecular complexity index is 436. The molecule has 1 aromatic rings. The average molecular weight is 328 g/mol. The largest absolute Gasteiger partial charge is 0.309 e. The third-order valence-corrected chi connectivity index (χ3v) is 6.24. The molecule has 3 rings (SSSR count). The predicted molar refractivity (Wildman–Crippen MR) is 95.6 cm³/mol. The molecular formula is C18H30ClNS. The number of halogens is 1. The van der Waals surface area contributed by atoms with Crippen molar-refractivity contribution in [3.05, 3.63) is 21.9 Å². The van der Waals surface area contributed by atoms with Crippen LogP contribution in [0.25, 0.3) is 0 Å². The highest BCUT2D eigenvalue weighted by Gasteiger charge is 2.30. The molecule has 3 heteroatoms. The van der Waals surface area contributed by atoms with Crippen LogP contribution < -0.4 is 5.32 Å². The molecule has 0 aromatic carbocycles. The third kappa shape index (κ3) is 4.46. The molecule has 0 bridgehead atoms. The van der Waals surface area contributed by atoms with Crippen LogP contribution in [0.2, 0.25) is 0 Å². The van der Waals surface area contributed by atoms with Gasteiger partial charge in [-0.3, -0.25) is 0 Å². The molecule has 0 unspecified atom stereocenters. The standard InChI is InChI=1S/C18H29NS.ClH/c1-18(2,3)14-6-8-15(9-7-14)19-12-17-16(10-11-20-17)13-4-5-13;/h10-11,13-15,19H,4-9,12H2,1-3H3;1H. The zero-order chi connectivity index (χ0) is 14.2. The van der Waals surface area contributed by atoms with Gasteiger partial charge >= 0.3 is 0 Å². The van der Waals surface area contributed by atoms with Crippen LogP contribution in [0.5, 0.6) is 0 Å². The molecule has 0 radical (unpaired) electrons. The summed E-state index contributed by atoms with van der Waals surface area (Å²) >= 11 is 1.95. The Hall–Kier alpha value is -0.0500. The smallest absolute Gasteiger partial charge is 0.0305 e. The van der Waals surface area contributed by atoms with Gasteiger partial charge in [0, 0.05) is 17.5 Å². The van der Waals surface area contributed by atoms with Gasteiger partial charge in [0.05, 0.1) is 0 Å². The van der Waals surface area contributed by atoms with Gasteiger partial charge in [-0.25, -0.2) is 0 Å². The third-order valence-electron chi connectivity index (χ3n) is 5.30. The lowest BCUT2D eigenvalue weighted by atomic mass is 9.71. The summed E-state index contributed by atoms with van der Waals surface area (Å²) < 4.78 is 0. The monoisotopic (exact) mass is 327 g/mol. The van der Waals surface area contributed by atoms with Gasteiger partial charge in [0.2, 0.25) is 0 Å². The summed E-state index contributed by atoms with van der Waals surface area (Å²) in [5.41, 5.74) is 2.14. The minimum atomic E-state index is 0. The average Bonchev–Trinajstić information content (AvgIpc) is 3.15. The molecule has 1 heterocycles. The molecule has 0 atom stereocenters. The lowest BCUT2D eigenvalue weighted by Crippen LogP contribution is -2.35. The molecule has 21 heavy (non-hydrogen) atoms. The van der Waals surface area contributed by atoms with Crippen molar-refractivity contribution in [1.82, 2.24) is 5.32 Å². The highest BCUT2D eigenvalue weighted by molar-refractivity contribution is 7.10. The first-order valence-corrected chi connectivity index (χ1v) is 9.21. The molecule has 2 aliphatic carbocycles. The first-order valence-electron chi connectivity index (χ1n) is 8.33. The summed E-state index contributed by atoms with van der Waals surface area (Å²) in [4.78, 5) is 1.60. The van der Waals surface area contributed by atoms with Gasteiger partial charge in [-0.1, -0.05) is 20.8 Å². The van der Waals surface area contributed by atoms with E-state index in [0.29, 0.717) is 5.41 Å². The fourth-order valence-corrected chi connectivity index (χ4v) is 4.57. The van der Waals surface area contributed by atoms with E-state index < -0.39 is 0 Å². The molecule has 1 nitrogen and oxygen atoms in total. The van der Waals surface area contributed by atoms with Crippen LogP contribution in [-0.4, -0.2) is 6.04 Å². The Labute approximate surface area is 140 Å². The van der Waals surface area contributed by atoms with Crippen molar-refractivity contribution in [2.24, 2.45) is 11.3 Å². The SMILES string of the molecule is CC(C)(C)C1CCC(NCc2sccc2C2CC2)CC1.Cl. The molecule has 2 saturated carbocycles. The van der Waals surface area contributed by atoms with Gasteiger partial charge in [-0.05, 0) is 72.8 Å². The number of nitrogens with one attached hydrogen (secondary N) is 1. The fourth-order valence-electron chi connectivity index (χ4n) is 3.65. The zero-order valence-corrected chi connectivity index (χ0v) is 15.3. The Kier molecular flexibility index (Phi) is 5.78. The summed E-state index contributed by atoms with van der Waals surface area (Å²) in [7, 11) is 0. The van der Waals surface area contributed by atoms with Crippen LogP contribution in [0, 0.1) is 11.3 Å². The second-order valence-corrected chi connectivity index (χ2v) is 8.87. The van der Waals surface area contributed by atoms with E-state index in [0.717, 1.165) is 24.4 Å². The summed E-state index contributed by atoms with van der Waals surface area (Å²) in [5.74, 6) is 1.82. The Balaban J connectivity index is 0.00000161. The summed E-state index contributed by atoms with van der Waals surface area (Å²) in [6, 6.07) is 3.11. The Morgan fingerprint density at radius 1 is 1.10 bits per heavy atom. The number of thiophene rings is 1. The summed E-state index contributed by atoms with van der Waals surface area (Å²) in [5, 5.41) is 6.11. The molecule has 1 N–H and O–H groups in total. The Morgan fingerprint density at radius 3 is 2.33 bits per heavy atom. The fraction of sp³-hybridized carbons (Fsp3) is 0.778. The normalized spacial score (nSPS) is 26.4. The van der Waals surface area contributed by atoms with Crippen molar-refractivity contribution in [2.45, 2.75) is 77.8 Å². The van der Waals surface area contributed by atoms with Gasteiger partial charge in [0.25, 0.3) is 0 Å². The molecule has 2 aliphatic rings. The lowest BCUT2D eigenvalue weighted by molar-refractivity contribution is 0.160. The highest BCUT2D eigenvalue weighted by atomic mass is 35.5. The topological polar surface area (TPSA) is 12.0 Å². The van der Waals surface area contributed by atoms with Crippen LogP contribution in [-0.2, 0) is 6.54 Å². The molecule has 2 fully saturated rings. The van der Waals surface area contributed by atoms with Crippen molar-refractivity contribution in [3.8, 4) is 0 Å². The molecule has 0 spiro atoms. The molecule has 0 saturated heterocycles. The van der Waals surface area contributed by atoms with Crippen LogP contribution in [0.3, 0.4) is 0 Å². The number of hydrogen-bond donors (Lipinski definition) is 1. The van der Waals surface area contributed by atoms with E-state index in [1.54, 1.807) is 10.4 Å². The van der Waals surface area contributed by atoms with E-state index in [4.69, 9.17) is 0 Å². The number of hydrogen-bond acceptors (Lipinski definition) is 2. The quantitative estimate of drug-likeness (QED) is 0.743. The highest BCUT2D eigenvalue weighted by Crippen LogP contribution is 2.43. The van der Waals surface area contributed by atoms with E-state index in [9.17, 15) is 0 Å². The maximum absolute atomic E-state index is 3.83. The van der Waals surface area contributed by atoms with Crippen molar-refractivity contribution >= 4 is 23.7 Å². The summed E-state index contributed by atoms with van der Waals surface area (Å²) in [6.07, 6.45) is 8.38. The van der Waals surface area contributed by atoms with Crippen LogP contribution in [0.1, 0.15) is 75.7 Å². The molecular weight excluding hydrogens is 298 g/mol. The van der Waals surface area contributed by atoms with Crippen LogP contribution >= 0.6 is 23.7 Å². The van der Waals surface area contributed by atoms with Gasteiger partial charge in [-0.15, -0.1) is 23.7 Å². The van der Waals surface area contributed by atoms with E-state index in [1.165, 1.54) is 38.5 Å². The molecule has 0 aliphatic heterocycles.